The lowest BCUT2D eigenvalue weighted by Crippen LogP contribution is -2.31. The molecule has 2 fully saturated rings. The molecule has 1 saturated heterocycles. The van der Waals surface area contributed by atoms with Gasteiger partial charge in [0.05, 0.1) is 11.7 Å². The van der Waals surface area contributed by atoms with Crippen LogP contribution in [0.5, 0.6) is 0 Å². The minimum absolute atomic E-state index is 0.429. The fraction of sp³-hybridized carbons (Fsp3) is 1.00. The van der Waals surface area contributed by atoms with E-state index >= 15 is 0 Å². The molecule has 15 heavy (non-hydrogen) atoms. The van der Waals surface area contributed by atoms with Crippen molar-refractivity contribution in [2.75, 3.05) is 6.61 Å². The van der Waals surface area contributed by atoms with Gasteiger partial charge in [0.25, 0.3) is 0 Å². The highest BCUT2D eigenvalue weighted by atomic mass is 16.5. The van der Waals surface area contributed by atoms with Crippen LogP contribution >= 0.6 is 0 Å². The first kappa shape index (κ1) is 11.4. The third-order valence-corrected chi connectivity index (χ3v) is 3.98. The van der Waals surface area contributed by atoms with Gasteiger partial charge >= 0.3 is 0 Å². The van der Waals surface area contributed by atoms with Crippen molar-refractivity contribution in [3.63, 3.8) is 0 Å². The summed E-state index contributed by atoms with van der Waals surface area (Å²) in [6.07, 6.45) is 9.80. The normalized spacial score (nSPS) is 31.2. The van der Waals surface area contributed by atoms with E-state index in [2.05, 4.69) is 0 Å². The molecule has 2 unspecified atom stereocenters. The van der Waals surface area contributed by atoms with Crippen LogP contribution in [0.3, 0.4) is 0 Å². The molecule has 2 nitrogen and oxygen atoms in total. The smallest absolute Gasteiger partial charge is 0.0623 e. The number of ether oxygens (including phenoxy) is 1. The third kappa shape index (κ3) is 3.46. The van der Waals surface area contributed by atoms with Crippen molar-refractivity contribution in [2.24, 2.45) is 5.92 Å². The summed E-state index contributed by atoms with van der Waals surface area (Å²) in [5, 5.41) is 10.3. The molecule has 0 bridgehead atoms. The van der Waals surface area contributed by atoms with Crippen molar-refractivity contribution in [3.8, 4) is 0 Å². The van der Waals surface area contributed by atoms with E-state index in [1.54, 1.807) is 0 Å². The Hall–Kier alpha value is -0.0800. The zero-order chi connectivity index (χ0) is 10.7. The minimum Gasteiger partial charge on any atom is -0.390 e. The molecule has 88 valence electrons. The Balaban J connectivity index is 1.66. The van der Waals surface area contributed by atoms with Gasteiger partial charge in [-0.25, -0.2) is 0 Å². The van der Waals surface area contributed by atoms with Crippen molar-refractivity contribution in [1.29, 1.82) is 0 Å². The Morgan fingerprint density at radius 2 is 2.07 bits per heavy atom. The fourth-order valence-corrected chi connectivity index (χ4v) is 2.76. The quantitative estimate of drug-likeness (QED) is 0.759. The lowest BCUT2D eigenvalue weighted by atomic mass is 9.76. The van der Waals surface area contributed by atoms with Gasteiger partial charge in [0.15, 0.2) is 0 Å². The molecule has 1 saturated carbocycles. The van der Waals surface area contributed by atoms with Crippen LogP contribution in [-0.4, -0.2) is 23.4 Å². The third-order valence-electron chi connectivity index (χ3n) is 3.98. The van der Waals surface area contributed by atoms with Gasteiger partial charge in [-0.1, -0.05) is 19.3 Å². The topological polar surface area (TPSA) is 29.5 Å². The maximum atomic E-state index is 10.3. The van der Waals surface area contributed by atoms with Crippen LogP contribution < -0.4 is 0 Å². The van der Waals surface area contributed by atoms with Crippen LogP contribution in [0.1, 0.15) is 58.3 Å². The van der Waals surface area contributed by atoms with Crippen molar-refractivity contribution < 1.29 is 9.84 Å². The fourth-order valence-electron chi connectivity index (χ4n) is 2.76. The molecule has 0 aromatic rings. The zero-order valence-electron chi connectivity index (χ0n) is 9.87. The van der Waals surface area contributed by atoms with Crippen molar-refractivity contribution in [2.45, 2.75) is 70.0 Å². The summed E-state index contributed by atoms with van der Waals surface area (Å²) >= 11 is 0. The van der Waals surface area contributed by atoms with Crippen molar-refractivity contribution >= 4 is 0 Å². The SMILES string of the molecule is CC(O)(CCC1CCCO1)CC1CCC1. The Bertz CT molecular complexity index is 191. The predicted molar refractivity (Wildman–Crippen MR) is 60.8 cm³/mol. The minimum atomic E-state index is -0.447. The van der Waals surface area contributed by atoms with Gasteiger partial charge in [0.1, 0.15) is 0 Å². The molecule has 0 aromatic carbocycles. The molecule has 2 atom stereocenters. The molecule has 1 heterocycles. The van der Waals surface area contributed by atoms with Gasteiger partial charge in [0.2, 0.25) is 0 Å². The molecule has 2 aliphatic rings. The molecule has 0 radical (unpaired) electrons. The number of rotatable bonds is 5. The Labute approximate surface area is 93.0 Å². The monoisotopic (exact) mass is 212 g/mol. The van der Waals surface area contributed by atoms with E-state index in [1.165, 1.54) is 32.1 Å². The van der Waals surface area contributed by atoms with Crippen LogP contribution in [0.25, 0.3) is 0 Å². The number of aliphatic hydroxyl groups is 1. The average Bonchev–Trinajstić information content (AvgIpc) is 2.61. The van der Waals surface area contributed by atoms with E-state index in [4.69, 9.17) is 4.74 Å². The van der Waals surface area contributed by atoms with Crippen LogP contribution in [0.2, 0.25) is 0 Å². The van der Waals surface area contributed by atoms with Gasteiger partial charge in [0, 0.05) is 6.61 Å². The first-order valence-corrected chi connectivity index (χ1v) is 6.50. The van der Waals surface area contributed by atoms with E-state index in [0.717, 1.165) is 31.8 Å². The van der Waals surface area contributed by atoms with Gasteiger partial charge in [-0.15, -0.1) is 0 Å². The molecule has 0 spiro atoms. The van der Waals surface area contributed by atoms with Crippen molar-refractivity contribution in [3.05, 3.63) is 0 Å². The molecule has 2 heteroatoms. The number of hydrogen-bond donors (Lipinski definition) is 1. The Kier molecular flexibility index (Phi) is 3.68. The van der Waals surface area contributed by atoms with Crippen LogP contribution in [-0.2, 0) is 4.74 Å². The van der Waals surface area contributed by atoms with Crippen molar-refractivity contribution in [1.82, 2.24) is 0 Å². The largest absolute Gasteiger partial charge is 0.390 e. The van der Waals surface area contributed by atoms with E-state index in [1.807, 2.05) is 6.92 Å². The van der Waals surface area contributed by atoms with Gasteiger partial charge < -0.3 is 9.84 Å². The van der Waals surface area contributed by atoms with E-state index in [-0.39, 0.29) is 0 Å². The van der Waals surface area contributed by atoms with Gasteiger partial charge in [-0.05, 0) is 44.9 Å². The molecule has 1 N–H and O–H groups in total. The predicted octanol–water partition coefficient (Wildman–Crippen LogP) is 2.89. The second kappa shape index (κ2) is 4.84. The molecule has 0 aromatic heterocycles. The molecular weight excluding hydrogens is 188 g/mol. The lowest BCUT2D eigenvalue weighted by Gasteiger charge is -2.33. The van der Waals surface area contributed by atoms with Crippen LogP contribution in [0, 0.1) is 5.92 Å². The van der Waals surface area contributed by atoms with Gasteiger partial charge in [-0.3, -0.25) is 0 Å². The average molecular weight is 212 g/mol. The standard InChI is InChI=1S/C13H24O2/c1-13(14,10-11-4-2-5-11)8-7-12-6-3-9-15-12/h11-12,14H,2-10H2,1H3. The second-order valence-corrected chi connectivity index (χ2v) is 5.67. The summed E-state index contributed by atoms with van der Waals surface area (Å²) in [5.74, 6) is 0.796. The number of hydrogen-bond acceptors (Lipinski definition) is 2. The highest BCUT2D eigenvalue weighted by Crippen LogP contribution is 2.35. The Morgan fingerprint density at radius 3 is 2.60 bits per heavy atom. The molecule has 1 aliphatic heterocycles. The summed E-state index contributed by atoms with van der Waals surface area (Å²) in [4.78, 5) is 0. The maximum Gasteiger partial charge on any atom is 0.0623 e. The lowest BCUT2D eigenvalue weighted by molar-refractivity contribution is -0.00358. The van der Waals surface area contributed by atoms with E-state index in [9.17, 15) is 5.11 Å². The summed E-state index contributed by atoms with van der Waals surface area (Å²) in [5.41, 5.74) is -0.447. The first-order valence-electron chi connectivity index (χ1n) is 6.50. The maximum absolute atomic E-state index is 10.3. The Morgan fingerprint density at radius 1 is 1.27 bits per heavy atom. The van der Waals surface area contributed by atoms with Crippen LogP contribution in [0.15, 0.2) is 0 Å². The highest BCUT2D eigenvalue weighted by Gasteiger charge is 2.29. The first-order chi connectivity index (χ1) is 7.16. The summed E-state index contributed by atoms with van der Waals surface area (Å²) < 4.78 is 5.58. The van der Waals surface area contributed by atoms with Gasteiger partial charge in [-0.2, -0.15) is 0 Å². The summed E-state index contributed by atoms with van der Waals surface area (Å²) in [6.45, 7) is 2.93. The molecule has 2 rings (SSSR count). The molecule has 1 aliphatic carbocycles. The zero-order valence-corrected chi connectivity index (χ0v) is 9.87. The van der Waals surface area contributed by atoms with Crippen LogP contribution in [0.4, 0.5) is 0 Å². The molecular formula is C13H24O2. The summed E-state index contributed by atoms with van der Waals surface area (Å²) in [7, 11) is 0. The summed E-state index contributed by atoms with van der Waals surface area (Å²) in [6, 6.07) is 0. The highest BCUT2D eigenvalue weighted by molar-refractivity contribution is 4.82. The van der Waals surface area contributed by atoms with E-state index in [0.29, 0.717) is 6.10 Å². The second-order valence-electron chi connectivity index (χ2n) is 5.67. The molecule has 0 amide bonds. The van der Waals surface area contributed by atoms with E-state index < -0.39 is 5.60 Å².